The third kappa shape index (κ3) is 3.91. The van der Waals surface area contributed by atoms with Gasteiger partial charge in [-0.25, -0.2) is 14.5 Å². The zero-order valence-corrected chi connectivity index (χ0v) is 18.9. The lowest BCUT2D eigenvalue weighted by molar-refractivity contribution is -0.140. The fourth-order valence-electron chi connectivity index (χ4n) is 4.30. The first-order chi connectivity index (χ1) is 14.6. The lowest BCUT2D eigenvalue weighted by Gasteiger charge is -2.15. The summed E-state index contributed by atoms with van der Waals surface area (Å²) in [6.45, 7) is 8.92. The Morgan fingerprint density at radius 1 is 1.23 bits per heavy atom. The molecule has 0 saturated carbocycles. The van der Waals surface area contributed by atoms with Crippen molar-refractivity contribution >= 4 is 22.1 Å². The predicted octanol–water partition coefficient (Wildman–Crippen LogP) is 4.93. The van der Waals surface area contributed by atoms with E-state index in [2.05, 4.69) is 28.9 Å². The van der Waals surface area contributed by atoms with E-state index >= 15 is 0 Å². The molecule has 0 bridgehead atoms. The van der Waals surface area contributed by atoms with E-state index < -0.39 is 11.9 Å². The second kappa shape index (κ2) is 8.05. The van der Waals surface area contributed by atoms with Gasteiger partial charge in [-0.3, -0.25) is 0 Å². The van der Waals surface area contributed by atoms with Crippen molar-refractivity contribution in [1.82, 2.24) is 19.6 Å². The van der Waals surface area contributed by atoms with E-state index in [9.17, 15) is 13.2 Å². The lowest BCUT2D eigenvalue weighted by atomic mass is 9.98. The Bertz CT molecular complexity index is 1100. The molecule has 1 fully saturated rings. The van der Waals surface area contributed by atoms with Gasteiger partial charge in [0.05, 0.1) is 16.1 Å². The fourth-order valence-corrected chi connectivity index (χ4v) is 5.52. The molecular formula is C21H27F3N6S. The van der Waals surface area contributed by atoms with E-state index in [1.165, 1.54) is 0 Å². The Kier molecular flexibility index (Phi) is 5.72. The summed E-state index contributed by atoms with van der Waals surface area (Å²) in [4.78, 5) is 10.5. The van der Waals surface area contributed by atoms with Crippen LogP contribution in [0.4, 0.5) is 18.3 Å². The normalized spacial score (nSPS) is 17.5. The van der Waals surface area contributed by atoms with Crippen molar-refractivity contribution < 1.29 is 13.2 Å². The summed E-state index contributed by atoms with van der Waals surface area (Å²) in [6.07, 6.45) is -2.01. The summed E-state index contributed by atoms with van der Waals surface area (Å²) in [5.74, 6) is 0.251. The maximum Gasteiger partial charge on any atom is 0.434 e. The number of fused-ring (bicyclic) bond motifs is 1. The van der Waals surface area contributed by atoms with Gasteiger partial charge in [0.2, 0.25) is 0 Å². The summed E-state index contributed by atoms with van der Waals surface area (Å²) in [5, 5.41) is 4.97. The molecule has 0 spiro atoms. The van der Waals surface area contributed by atoms with Gasteiger partial charge in [-0.05, 0) is 39.2 Å². The highest BCUT2D eigenvalue weighted by atomic mass is 32.1. The van der Waals surface area contributed by atoms with E-state index in [-0.39, 0.29) is 16.8 Å². The molecule has 10 heteroatoms. The highest BCUT2D eigenvalue weighted by Gasteiger charge is 2.40. The van der Waals surface area contributed by atoms with Gasteiger partial charge in [0.1, 0.15) is 0 Å². The Balaban J connectivity index is 1.94. The van der Waals surface area contributed by atoms with Gasteiger partial charge >= 0.3 is 6.18 Å². The van der Waals surface area contributed by atoms with Gasteiger partial charge in [-0.15, -0.1) is 0 Å². The molecule has 1 saturated heterocycles. The minimum absolute atomic E-state index is 0.0488. The maximum absolute atomic E-state index is 14.0. The van der Waals surface area contributed by atoms with Crippen LogP contribution in [-0.2, 0) is 6.18 Å². The smallest absolute Gasteiger partial charge is 0.346 e. The average Bonchev–Trinajstić information content (AvgIpc) is 3.38. The third-order valence-corrected chi connectivity index (χ3v) is 7.06. The summed E-state index contributed by atoms with van der Waals surface area (Å²) >= 11 is 1.05. The van der Waals surface area contributed by atoms with E-state index in [1.807, 2.05) is 17.9 Å². The summed E-state index contributed by atoms with van der Waals surface area (Å²) in [6, 6.07) is 1.93. The van der Waals surface area contributed by atoms with Crippen LogP contribution in [0.3, 0.4) is 0 Å². The van der Waals surface area contributed by atoms with Crippen molar-refractivity contribution in [3.63, 3.8) is 0 Å². The van der Waals surface area contributed by atoms with E-state index in [1.54, 1.807) is 11.4 Å². The van der Waals surface area contributed by atoms with Gasteiger partial charge in [0, 0.05) is 36.4 Å². The minimum atomic E-state index is -4.57. The number of aromatic nitrogens is 4. The van der Waals surface area contributed by atoms with Crippen molar-refractivity contribution in [3.8, 4) is 10.4 Å². The van der Waals surface area contributed by atoms with Gasteiger partial charge in [-0.1, -0.05) is 25.2 Å². The monoisotopic (exact) mass is 452 g/mol. The lowest BCUT2D eigenvalue weighted by Crippen LogP contribution is -2.26. The van der Waals surface area contributed by atoms with Gasteiger partial charge in [0.25, 0.3) is 0 Å². The van der Waals surface area contributed by atoms with Crippen LogP contribution in [-0.4, -0.2) is 38.7 Å². The van der Waals surface area contributed by atoms with Crippen LogP contribution in [0.1, 0.15) is 61.8 Å². The van der Waals surface area contributed by atoms with Crippen LogP contribution < -0.4 is 10.6 Å². The van der Waals surface area contributed by atoms with Crippen molar-refractivity contribution in [2.24, 2.45) is 5.73 Å². The third-order valence-electron chi connectivity index (χ3n) is 5.93. The second-order valence-electron chi connectivity index (χ2n) is 8.20. The standard InChI is InChI=1S/C21H27F3N6S/c1-5-13(6-2)15-9-11(3)26-19-16(12(4)28-30(15)19)17-18(21(22,23)24)27-20(31-17)29-8-7-14(25)10-29/h9,13-14H,5-8,10,25H2,1-4H3/t14-/m0/s1. The molecule has 3 aromatic rings. The van der Waals surface area contributed by atoms with Crippen molar-refractivity contribution in [2.75, 3.05) is 18.0 Å². The number of hydrogen-bond donors (Lipinski definition) is 1. The highest BCUT2D eigenvalue weighted by Crippen LogP contribution is 2.45. The van der Waals surface area contributed by atoms with E-state index in [4.69, 9.17) is 5.73 Å². The van der Waals surface area contributed by atoms with Crippen LogP contribution >= 0.6 is 11.3 Å². The minimum Gasteiger partial charge on any atom is -0.346 e. The maximum atomic E-state index is 14.0. The Morgan fingerprint density at radius 3 is 2.52 bits per heavy atom. The molecule has 0 unspecified atom stereocenters. The van der Waals surface area contributed by atoms with Crippen LogP contribution in [0.25, 0.3) is 16.1 Å². The first kappa shape index (κ1) is 22.0. The van der Waals surface area contributed by atoms with Crippen molar-refractivity contribution in [1.29, 1.82) is 0 Å². The average molecular weight is 453 g/mol. The highest BCUT2D eigenvalue weighted by molar-refractivity contribution is 7.19. The van der Waals surface area contributed by atoms with E-state index in [0.717, 1.165) is 42.0 Å². The molecule has 0 radical (unpaired) electrons. The zero-order chi connectivity index (χ0) is 22.5. The number of rotatable bonds is 5. The number of nitrogens with two attached hydrogens (primary N) is 1. The summed E-state index contributed by atoms with van der Waals surface area (Å²) in [5.41, 5.74) is 8.21. The van der Waals surface area contributed by atoms with Gasteiger partial charge < -0.3 is 10.6 Å². The number of thiazole rings is 1. The second-order valence-corrected chi connectivity index (χ2v) is 9.18. The number of anilines is 1. The molecule has 0 amide bonds. The van der Waals surface area contributed by atoms with Crippen LogP contribution in [0, 0.1) is 13.8 Å². The van der Waals surface area contributed by atoms with E-state index in [0.29, 0.717) is 35.1 Å². The Hall–Kier alpha value is -2.20. The van der Waals surface area contributed by atoms with Crippen LogP contribution in [0.15, 0.2) is 6.07 Å². The SMILES string of the molecule is CCC(CC)c1cc(C)nc2c(-c3sc(N4CC[C@H](N)C4)nc3C(F)(F)F)c(C)nn12. The first-order valence-electron chi connectivity index (χ1n) is 10.6. The molecular weight excluding hydrogens is 425 g/mol. The molecule has 0 aliphatic carbocycles. The molecule has 4 heterocycles. The molecule has 1 aliphatic rings. The largest absolute Gasteiger partial charge is 0.434 e. The fraction of sp³-hybridized carbons (Fsp3) is 0.571. The molecule has 3 aromatic heterocycles. The first-order valence-corrected chi connectivity index (χ1v) is 11.4. The van der Waals surface area contributed by atoms with Crippen LogP contribution in [0.2, 0.25) is 0 Å². The molecule has 168 valence electrons. The molecule has 1 atom stereocenters. The Labute approximate surface area is 183 Å². The van der Waals surface area contributed by atoms with Gasteiger partial charge in [-0.2, -0.15) is 18.3 Å². The number of aryl methyl sites for hydroxylation is 2. The quantitative estimate of drug-likeness (QED) is 0.594. The molecule has 4 rings (SSSR count). The number of nitrogens with zero attached hydrogens (tertiary/aromatic N) is 5. The molecule has 0 aromatic carbocycles. The van der Waals surface area contributed by atoms with Gasteiger partial charge in [0.15, 0.2) is 16.5 Å². The predicted molar refractivity (Wildman–Crippen MR) is 117 cm³/mol. The summed E-state index contributed by atoms with van der Waals surface area (Å²) in [7, 11) is 0. The number of halogens is 3. The molecule has 1 aliphatic heterocycles. The topological polar surface area (TPSA) is 72.3 Å². The Morgan fingerprint density at radius 2 is 1.94 bits per heavy atom. The molecule has 6 nitrogen and oxygen atoms in total. The van der Waals surface area contributed by atoms with Crippen LogP contribution in [0.5, 0.6) is 0 Å². The van der Waals surface area contributed by atoms with Crippen molar-refractivity contribution in [2.45, 2.75) is 65.1 Å². The number of hydrogen-bond acceptors (Lipinski definition) is 6. The summed E-state index contributed by atoms with van der Waals surface area (Å²) < 4.78 is 43.7. The molecule has 2 N–H and O–H groups in total. The molecule has 31 heavy (non-hydrogen) atoms. The number of alkyl halides is 3. The zero-order valence-electron chi connectivity index (χ0n) is 18.1. The van der Waals surface area contributed by atoms with Crippen molar-refractivity contribution in [3.05, 3.63) is 28.8 Å².